The van der Waals surface area contributed by atoms with Crippen LogP contribution in [0.1, 0.15) is 30.1 Å². The Bertz CT molecular complexity index is 738. The van der Waals surface area contributed by atoms with E-state index in [-0.39, 0.29) is 34.9 Å². The number of sulfone groups is 1. The first-order valence-electron chi connectivity index (χ1n) is 7.22. The summed E-state index contributed by atoms with van der Waals surface area (Å²) < 4.78 is 23.3. The second-order valence-electron chi connectivity index (χ2n) is 5.71. The topological polar surface area (TPSA) is 118 Å². The van der Waals surface area contributed by atoms with Gasteiger partial charge in [-0.05, 0) is 32.4 Å². The van der Waals surface area contributed by atoms with Crippen LogP contribution in [0.4, 0.5) is 5.69 Å². The molecule has 2 rings (SSSR count). The number of amides is 1. The molecule has 1 amide bonds. The van der Waals surface area contributed by atoms with E-state index in [0.717, 1.165) is 37.8 Å². The molecule has 1 fully saturated rings. The summed E-state index contributed by atoms with van der Waals surface area (Å²) in [6.07, 6.45) is 2.66. The van der Waals surface area contributed by atoms with Crippen LogP contribution in [-0.2, 0) is 9.84 Å². The van der Waals surface area contributed by atoms with Crippen LogP contribution < -0.4 is 10.6 Å². The van der Waals surface area contributed by atoms with Gasteiger partial charge in [0.25, 0.3) is 11.6 Å². The molecule has 8 nitrogen and oxygen atoms in total. The van der Waals surface area contributed by atoms with Crippen molar-refractivity contribution >= 4 is 33.8 Å². The smallest absolute Gasteiger partial charge is 0.271 e. The van der Waals surface area contributed by atoms with E-state index in [0.29, 0.717) is 0 Å². The van der Waals surface area contributed by atoms with E-state index in [2.05, 4.69) is 10.6 Å². The Morgan fingerprint density at radius 3 is 2.58 bits per heavy atom. The summed E-state index contributed by atoms with van der Waals surface area (Å²) in [4.78, 5) is 22.4. The molecule has 1 aromatic rings. The van der Waals surface area contributed by atoms with Crippen molar-refractivity contribution in [1.29, 1.82) is 0 Å². The molecule has 1 heterocycles. The number of rotatable bonds is 4. The van der Waals surface area contributed by atoms with Gasteiger partial charge in [0.2, 0.25) is 0 Å². The summed E-state index contributed by atoms with van der Waals surface area (Å²) in [5.41, 5.74) is -0.453. The van der Waals surface area contributed by atoms with Crippen molar-refractivity contribution in [3.05, 3.63) is 33.9 Å². The quantitative estimate of drug-likeness (QED) is 0.602. The highest BCUT2D eigenvalue weighted by Crippen LogP contribution is 2.21. The van der Waals surface area contributed by atoms with Gasteiger partial charge in [-0.25, -0.2) is 8.42 Å². The van der Waals surface area contributed by atoms with Crippen LogP contribution in [-0.4, -0.2) is 44.1 Å². The molecular weight excluding hydrogens is 358 g/mol. The van der Waals surface area contributed by atoms with E-state index in [1.54, 1.807) is 0 Å². The fourth-order valence-electron chi connectivity index (χ4n) is 2.53. The van der Waals surface area contributed by atoms with E-state index in [1.807, 2.05) is 6.92 Å². The zero-order chi connectivity index (χ0) is 17.2. The number of piperidine rings is 1. The molecule has 0 aromatic heterocycles. The minimum absolute atomic E-state index is 0. The standard InChI is InChI=1S/C14H19N3O5S.ClH/c1-9-13(4-3-5-15-9)16-14(18)10-6-11(17(19)20)8-12(7-10)23(2,21)22;/h6-9,13,15H,3-5H2,1-2H3,(H,16,18);1H. The molecular formula is C14H20ClN3O5S. The van der Waals surface area contributed by atoms with Gasteiger partial charge in [-0.2, -0.15) is 0 Å². The minimum Gasteiger partial charge on any atom is -0.348 e. The maximum Gasteiger partial charge on any atom is 0.271 e. The van der Waals surface area contributed by atoms with E-state index in [9.17, 15) is 23.3 Å². The van der Waals surface area contributed by atoms with E-state index in [4.69, 9.17) is 0 Å². The number of benzene rings is 1. The van der Waals surface area contributed by atoms with Gasteiger partial charge in [-0.3, -0.25) is 14.9 Å². The lowest BCUT2D eigenvalue weighted by Crippen LogP contribution is -2.51. The number of hydrogen-bond acceptors (Lipinski definition) is 6. The summed E-state index contributed by atoms with van der Waals surface area (Å²) in [7, 11) is -3.66. The van der Waals surface area contributed by atoms with E-state index >= 15 is 0 Å². The van der Waals surface area contributed by atoms with Crippen LogP contribution >= 0.6 is 12.4 Å². The third kappa shape index (κ3) is 4.89. The number of carbonyl (C=O) groups is 1. The highest BCUT2D eigenvalue weighted by Gasteiger charge is 2.25. The summed E-state index contributed by atoms with van der Waals surface area (Å²) in [6.45, 7) is 2.82. The van der Waals surface area contributed by atoms with Crippen LogP contribution in [0.2, 0.25) is 0 Å². The van der Waals surface area contributed by atoms with Crippen LogP contribution in [0.5, 0.6) is 0 Å². The second-order valence-corrected chi connectivity index (χ2v) is 7.73. The van der Waals surface area contributed by atoms with Gasteiger partial charge in [0.15, 0.2) is 9.84 Å². The molecule has 0 spiro atoms. The van der Waals surface area contributed by atoms with Crippen LogP contribution in [0, 0.1) is 10.1 Å². The summed E-state index contributed by atoms with van der Waals surface area (Å²) >= 11 is 0. The molecule has 2 N–H and O–H groups in total. The number of nitrogens with one attached hydrogen (secondary N) is 2. The van der Waals surface area contributed by atoms with Crippen molar-refractivity contribution in [3.8, 4) is 0 Å². The number of carbonyl (C=O) groups excluding carboxylic acids is 1. The number of nitro benzene ring substituents is 1. The van der Waals surface area contributed by atoms with Gasteiger partial charge < -0.3 is 10.6 Å². The Kier molecular flexibility index (Phi) is 6.70. The molecule has 24 heavy (non-hydrogen) atoms. The molecule has 1 aliphatic rings. The number of nitro groups is 1. The average molecular weight is 378 g/mol. The van der Waals surface area contributed by atoms with Crippen LogP contribution in [0.3, 0.4) is 0 Å². The lowest BCUT2D eigenvalue weighted by molar-refractivity contribution is -0.385. The van der Waals surface area contributed by atoms with Crippen molar-refractivity contribution in [2.45, 2.75) is 36.7 Å². The van der Waals surface area contributed by atoms with Gasteiger partial charge in [0.1, 0.15) is 0 Å². The lowest BCUT2D eigenvalue weighted by atomic mass is 9.99. The molecule has 134 valence electrons. The third-order valence-corrected chi connectivity index (χ3v) is 4.96. The van der Waals surface area contributed by atoms with Gasteiger partial charge in [-0.15, -0.1) is 12.4 Å². The molecule has 10 heteroatoms. The van der Waals surface area contributed by atoms with E-state index in [1.165, 1.54) is 6.07 Å². The monoisotopic (exact) mass is 377 g/mol. The summed E-state index contributed by atoms with van der Waals surface area (Å²) in [5.74, 6) is -0.515. The normalized spacial score (nSPS) is 20.8. The zero-order valence-electron chi connectivity index (χ0n) is 13.3. The van der Waals surface area contributed by atoms with Crippen molar-refractivity contribution in [1.82, 2.24) is 10.6 Å². The van der Waals surface area contributed by atoms with Crippen molar-refractivity contribution in [2.24, 2.45) is 0 Å². The van der Waals surface area contributed by atoms with Gasteiger partial charge in [0.05, 0.1) is 9.82 Å². The first kappa shape index (κ1) is 20.3. The number of nitrogens with zero attached hydrogens (tertiary/aromatic N) is 1. The highest BCUT2D eigenvalue weighted by atomic mass is 35.5. The second kappa shape index (κ2) is 7.91. The molecule has 1 saturated heterocycles. The minimum atomic E-state index is -3.66. The fourth-order valence-corrected chi connectivity index (χ4v) is 3.20. The molecule has 0 radical (unpaired) electrons. The van der Waals surface area contributed by atoms with Crippen molar-refractivity contribution in [3.63, 3.8) is 0 Å². The van der Waals surface area contributed by atoms with Crippen LogP contribution in [0.15, 0.2) is 23.1 Å². The van der Waals surface area contributed by atoms with Crippen LogP contribution in [0.25, 0.3) is 0 Å². The molecule has 2 atom stereocenters. The highest BCUT2D eigenvalue weighted by molar-refractivity contribution is 7.90. The van der Waals surface area contributed by atoms with Gasteiger partial charge >= 0.3 is 0 Å². The molecule has 0 bridgehead atoms. The van der Waals surface area contributed by atoms with Crippen molar-refractivity contribution < 1.29 is 18.1 Å². The fraction of sp³-hybridized carbons (Fsp3) is 0.500. The first-order chi connectivity index (χ1) is 10.7. The molecule has 0 aliphatic carbocycles. The van der Waals surface area contributed by atoms with Gasteiger partial charge in [0, 0.05) is 36.0 Å². The lowest BCUT2D eigenvalue weighted by Gasteiger charge is -2.30. The Hall–Kier alpha value is -1.71. The molecule has 1 aliphatic heterocycles. The largest absolute Gasteiger partial charge is 0.348 e. The maximum atomic E-state index is 12.4. The van der Waals surface area contributed by atoms with E-state index < -0.39 is 26.4 Å². The third-order valence-electron chi connectivity index (χ3n) is 3.87. The number of non-ortho nitro benzene ring substituents is 1. The summed E-state index contributed by atoms with van der Waals surface area (Å²) in [5, 5.41) is 17.0. The Labute approximate surface area is 146 Å². The Morgan fingerprint density at radius 2 is 2.04 bits per heavy atom. The molecule has 2 unspecified atom stereocenters. The maximum absolute atomic E-state index is 12.4. The predicted octanol–water partition coefficient (Wildman–Crippen LogP) is 1.29. The van der Waals surface area contributed by atoms with Crippen molar-refractivity contribution in [2.75, 3.05) is 12.8 Å². The predicted molar refractivity (Wildman–Crippen MR) is 91.4 cm³/mol. The Balaban J connectivity index is 0.00000288. The first-order valence-corrected chi connectivity index (χ1v) is 9.11. The zero-order valence-corrected chi connectivity index (χ0v) is 14.9. The average Bonchev–Trinajstić information content (AvgIpc) is 2.48. The summed E-state index contributed by atoms with van der Waals surface area (Å²) in [6, 6.07) is 3.19. The SMILES string of the molecule is CC1NCCCC1NC(=O)c1cc([N+](=O)[O-])cc(S(C)(=O)=O)c1.Cl. The Morgan fingerprint density at radius 1 is 1.38 bits per heavy atom. The molecule has 0 saturated carbocycles. The van der Waals surface area contributed by atoms with Gasteiger partial charge in [-0.1, -0.05) is 0 Å². The molecule has 1 aromatic carbocycles. The number of hydrogen-bond donors (Lipinski definition) is 2. The number of halogens is 1.